The van der Waals surface area contributed by atoms with E-state index in [1.165, 1.54) is 12.1 Å². The fourth-order valence-electron chi connectivity index (χ4n) is 3.55. The van der Waals surface area contributed by atoms with Crippen LogP contribution in [0.5, 0.6) is 0 Å². The Morgan fingerprint density at radius 3 is 2.52 bits per heavy atom. The lowest BCUT2D eigenvalue weighted by molar-refractivity contribution is -0.126. The number of benzene rings is 2. The molecule has 0 saturated carbocycles. The smallest absolute Gasteiger partial charge is 0.286 e. The van der Waals surface area contributed by atoms with E-state index >= 15 is 0 Å². The normalized spacial score (nSPS) is 15.7. The molecule has 2 aromatic carbocycles. The molecule has 3 amide bonds. The number of piperidine rings is 1. The number of likely N-dealkylation sites (tertiary alicyclic amines) is 1. The van der Waals surface area contributed by atoms with Gasteiger partial charge in [0.15, 0.2) is 0 Å². The second-order valence-corrected chi connectivity index (χ2v) is 8.64. The minimum absolute atomic E-state index is 0.0906. The largest absolute Gasteiger partial charge is 0.352 e. The number of rotatable bonds is 6. The zero-order valence-electron chi connectivity index (χ0n) is 17.7. The summed E-state index contributed by atoms with van der Waals surface area (Å²) in [5, 5.41) is 13.5. The van der Waals surface area contributed by atoms with E-state index in [0.717, 1.165) is 16.9 Å². The first-order valence-electron chi connectivity index (χ1n) is 10.5. The molecule has 2 heterocycles. The average Bonchev–Trinajstić information content (AvgIpc) is 3.34. The number of nitrogens with zero attached hydrogens (tertiary/aromatic N) is 3. The van der Waals surface area contributed by atoms with Crippen LogP contribution in [0.1, 0.15) is 38.0 Å². The van der Waals surface area contributed by atoms with Crippen LogP contribution in [0, 0.1) is 11.7 Å². The van der Waals surface area contributed by atoms with Gasteiger partial charge in [0, 0.05) is 25.3 Å². The fourth-order valence-corrected chi connectivity index (χ4v) is 4.26. The average molecular weight is 468 g/mol. The van der Waals surface area contributed by atoms with Crippen molar-refractivity contribution < 1.29 is 18.8 Å². The maximum atomic E-state index is 13.0. The molecule has 0 aliphatic carbocycles. The maximum absolute atomic E-state index is 13.0. The van der Waals surface area contributed by atoms with Crippen molar-refractivity contribution in [3.63, 3.8) is 0 Å². The molecule has 1 fully saturated rings. The van der Waals surface area contributed by atoms with Crippen molar-refractivity contribution in [2.75, 3.05) is 18.4 Å². The lowest BCUT2D eigenvalue weighted by Crippen LogP contribution is -2.45. The second kappa shape index (κ2) is 10.3. The molecule has 1 atom stereocenters. The summed E-state index contributed by atoms with van der Waals surface area (Å²) in [7, 11) is 0. The van der Waals surface area contributed by atoms with E-state index in [1.807, 2.05) is 6.07 Å². The van der Waals surface area contributed by atoms with Gasteiger partial charge in [-0.3, -0.25) is 14.4 Å². The van der Waals surface area contributed by atoms with Gasteiger partial charge in [-0.05, 0) is 42.7 Å². The van der Waals surface area contributed by atoms with Crippen LogP contribution in [0.2, 0.25) is 0 Å². The molecule has 8 nitrogen and oxygen atoms in total. The van der Waals surface area contributed by atoms with E-state index in [1.54, 1.807) is 41.3 Å². The number of halogens is 1. The van der Waals surface area contributed by atoms with Gasteiger partial charge in [0.2, 0.25) is 15.9 Å². The van der Waals surface area contributed by atoms with Crippen LogP contribution in [-0.4, -0.2) is 45.9 Å². The molecule has 0 unspecified atom stereocenters. The first-order valence-corrected chi connectivity index (χ1v) is 11.3. The predicted molar refractivity (Wildman–Crippen MR) is 121 cm³/mol. The summed E-state index contributed by atoms with van der Waals surface area (Å²) in [5.74, 6) is -1.62. The fraction of sp³-hybridized carbons (Fsp3) is 0.261. The van der Waals surface area contributed by atoms with Gasteiger partial charge in [-0.2, -0.15) is 0 Å². The highest BCUT2D eigenvalue weighted by atomic mass is 32.1. The molecule has 1 aliphatic rings. The molecule has 2 N–H and O–H groups in total. The number of para-hydroxylation sites is 1. The van der Waals surface area contributed by atoms with Crippen LogP contribution in [0.15, 0.2) is 54.6 Å². The summed E-state index contributed by atoms with van der Waals surface area (Å²) in [6.07, 6.45) is 1.35. The van der Waals surface area contributed by atoms with Gasteiger partial charge in [0.25, 0.3) is 11.8 Å². The molecule has 1 aromatic heterocycles. The monoisotopic (exact) mass is 467 g/mol. The lowest BCUT2D eigenvalue weighted by Gasteiger charge is -2.31. The highest BCUT2D eigenvalue weighted by Gasteiger charge is 2.30. The van der Waals surface area contributed by atoms with Gasteiger partial charge in [-0.15, -0.1) is 10.2 Å². The number of aromatic nitrogens is 2. The van der Waals surface area contributed by atoms with E-state index in [2.05, 4.69) is 20.8 Å². The molecular weight excluding hydrogens is 445 g/mol. The van der Waals surface area contributed by atoms with Crippen molar-refractivity contribution in [3.8, 4) is 0 Å². The summed E-state index contributed by atoms with van der Waals surface area (Å²) in [5.41, 5.74) is 1.42. The predicted octanol–water partition coefficient (Wildman–Crippen LogP) is 3.10. The summed E-state index contributed by atoms with van der Waals surface area (Å²) in [6, 6.07) is 14.9. The summed E-state index contributed by atoms with van der Waals surface area (Å²) < 4.78 is 13.0. The van der Waals surface area contributed by atoms with E-state index in [9.17, 15) is 18.8 Å². The Hall–Kier alpha value is -3.66. The minimum Gasteiger partial charge on any atom is -0.352 e. The number of hydrogen-bond acceptors (Lipinski definition) is 6. The topological polar surface area (TPSA) is 104 Å². The third kappa shape index (κ3) is 5.78. The van der Waals surface area contributed by atoms with Gasteiger partial charge in [0.05, 0.1) is 5.92 Å². The molecular formula is C23H22FN5O3S. The first kappa shape index (κ1) is 22.5. The third-order valence-electron chi connectivity index (χ3n) is 5.29. The summed E-state index contributed by atoms with van der Waals surface area (Å²) in [4.78, 5) is 39.5. The number of amides is 3. The Bertz CT molecular complexity index is 1140. The maximum Gasteiger partial charge on any atom is 0.286 e. The van der Waals surface area contributed by atoms with Crippen molar-refractivity contribution in [1.82, 2.24) is 20.4 Å². The Labute approximate surface area is 193 Å². The Kier molecular flexibility index (Phi) is 7.04. The Morgan fingerprint density at radius 1 is 1.03 bits per heavy atom. The third-order valence-corrected chi connectivity index (χ3v) is 6.20. The van der Waals surface area contributed by atoms with Crippen LogP contribution < -0.4 is 10.6 Å². The van der Waals surface area contributed by atoms with Crippen LogP contribution >= 0.6 is 11.3 Å². The van der Waals surface area contributed by atoms with Crippen molar-refractivity contribution in [2.45, 2.75) is 19.4 Å². The number of carbonyl (C=O) groups is 3. The second-order valence-electron chi connectivity index (χ2n) is 7.67. The van der Waals surface area contributed by atoms with Crippen LogP contribution in [0.4, 0.5) is 10.1 Å². The molecule has 4 rings (SSSR count). The standard InChI is InChI=1S/C23H22FN5O3S/c24-17-10-8-15(9-11-17)13-25-19(30)16-5-4-12-29(14-16)23(32)22-28-27-21(33-22)20(31)26-18-6-2-1-3-7-18/h1-3,6-11,16H,4-5,12-14H2,(H,25,30)(H,26,31)/t16-/m1/s1. The molecule has 3 aromatic rings. The van der Waals surface area contributed by atoms with Crippen LogP contribution in [-0.2, 0) is 11.3 Å². The van der Waals surface area contributed by atoms with Gasteiger partial charge in [-0.25, -0.2) is 4.39 Å². The van der Waals surface area contributed by atoms with Crippen molar-refractivity contribution in [2.24, 2.45) is 5.92 Å². The number of hydrogen-bond donors (Lipinski definition) is 2. The highest BCUT2D eigenvalue weighted by molar-refractivity contribution is 7.15. The zero-order chi connectivity index (χ0) is 23.2. The first-order chi connectivity index (χ1) is 16.0. The van der Waals surface area contributed by atoms with Gasteiger partial charge >= 0.3 is 0 Å². The summed E-state index contributed by atoms with van der Waals surface area (Å²) in [6.45, 7) is 1.06. The van der Waals surface area contributed by atoms with Crippen LogP contribution in [0.3, 0.4) is 0 Å². The molecule has 0 spiro atoms. The van der Waals surface area contributed by atoms with Gasteiger partial charge in [-0.1, -0.05) is 41.7 Å². The zero-order valence-corrected chi connectivity index (χ0v) is 18.5. The van der Waals surface area contributed by atoms with Gasteiger partial charge < -0.3 is 15.5 Å². The number of anilines is 1. The lowest BCUT2D eigenvalue weighted by atomic mass is 9.97. The van der Waals surface area contributed by atoms with Crippen molar-refractivity contribution in [1.29, 1.82) is 0 Å². The Balaban J connectivity index is 1.33. The molecule has 0 bridgehead atoms. The van der Waals surface area contributed by atoms with E-state index in [4.69, 9.17) is 0 Å². The quantitative estimate of drug-likeness (QED) is 0.580. The molecule has 170 valence electrons. The minimum atomic E-state index is -0.436. The highest BCUT2D eigenvalue weighted by Crippen LogP contribution is 2.21. The molecule has 33 heavy (non-hydrogen) atoms. The SMILES string of the molecule is O=C(Nc1ccccc1)c1nnc(C(=O)N2CCC[C@@H](C(=O)NCc3ccc(F)cc3)C2)s1. The Morgan fingerprint density at radius 2 is 1.76 bits per heavy atom. The molecule has 1 saturated heterocycles. The van der Waals surface area contributed by atoms with E-state index in [0.29, 0.717) is 31.6 Å². The number of carbonyl (C=O) groups excluding carboxylic acids is 3. The molecule has 1 aliphatic heterocycles. The van der Waals surface area contributed by atoms with Crippen molar-refractivity contribution in [3.05, 3.63) is 76.0 Å². The van der Waals surface area contributed by atoms with E-state index < -0.39 is 5.91 Å². The van der Waals surface area contributed by atoms with Gasteiger partial charge in [0.1, 0.15) is 5.82 Å². The number of nitrogens with one attached hydrogen (secondary N) is 2. The summed E-state index contributed by atoms with van der Waals surface area (Å²) >= 11 is 0.924. The van der Waals surface area contributed by atoms with Crippen molar-refractivity contribution >= 4 is 34.7 Å². The van der Waals surface area contributed by atoms with Crippen LogP contribution in [0.25, 0.3) is 0 Å². The molecule has 0 radical (unpaired) electrons. The van der Waals surface area contributed by atoms with E-state index in [-0.39, 0.29) is 40.1 Å². The molecule has 10 heteroatoms.